The molecule has 0 atom stereocenters. The number of sulfonamides is 1. The predicted molar refractivity (Wildman–Crippen MR) is 118 cm³/mol. The molecule has 1 heterocycles. The summed E-state index contributed by atoms with van der Waals surface area (Å²) in [7, 11) is -2.42. The maximum atomic E-state index is 13.3. The van der Waals surface area contributed by atoms with Crippen molar-refractivity contribution in [2.24, 2.45) is 0 Å². The van der Waals surface area contributed by atoms with Crippen LogP contribution in [0.3, 0.4) is 0 Å². The van der Waals surface area contributed by atoms with Crippen molar-refractivity contribution in [2.75, 3.05) is 18.0 Å². The van der Waals surface area contributed by atoms with Crippen LogP contribution >= 0.6 is 0 Å². The molecule has 3 aromatic rings. The molecule has 0 fully saturated rings. The molecule has 0 saturated heterocycles. The van der Waals surface area contributed by atoms with Crippen molar-refractivity contribution in [3.63, 3.8) is 0 Å². The summed E-state index contributed by atoms with van der Waals surface area (Å²) in [5.41, 5.74) is 2.82. The molecule has 0 aromatic heterocycles. The number of hydrogen-bond acceptors (Lipinski definition) is 5. The first-order valence-electron chi connectivity index (χ1n) is 10.0. The van der Waals surface area contributed by atoms with Gasteiger partial charge in [-0.3, -0.25) is 4.31 Å². The zero-order chi connectivity index (χ0) is 22.0. The average molecular weight is 438 g/mol. The number of carbonyl (C=O) groups is 1. The standard InChI is InChI=1S/C24H23NO5S/c1-3-17-8-10-19(11-9-17)30-24(26)21-16-20(12-13-23(21)29-2)31(27,28)25-15-14-18-6-4-5-7-22(18)25/h4-13,16H,3,14-15H2,1-2H3. The highest BCUT2D eigenvalue weighted by atomic mass is 32.2. The molecular formula is C24H23NO5S. The normalized spacial score (nSPS) is 13.0. The fourth-order valence-corrected chi connectivity index (χ4v) is 5.18. The van der Waals surface area contributed by atoms with Gasteiger partial charge in [-0.1, -0.05) is 37.3 Å². The molecule has 0 radical (unpaired) electrons. The van der Waals surface area contributed by atoms with Crippen LogP contribution in [0.2, 0.25) is 0 Å². The van der Waals surface area contributed by atoms with Gasteiger partial charge in [0.05, 0.1) is 17.7 Å². The van der Waals surface area contributed by atoms with Crippen molar-refractivity contribution < 1.29 is 22.7 Å². The van der Waals surface area contributed by atoms with Gasteiger partial charge in [-0.05, 0) is 60.4 Å². The number of benzene rings is 3. The lowest BCUT2D eigenvalue weighted by Gasteiger charge is -2.20. The van der Waals surface area contributed by atoms with Gasteiger partial charge in [0, 0.05) is 6.54 Å². The second kappa shape index (κ2) is 8.43. The van der Waals surface area contributed by atoms with E-state index in [-0.39, 0.29) is 16.2 Å². The van der Waals surface area contributed by atoms with Gasteiger partial charge in [0.2, 0.25) is 0 Å². The number of hydrogen-bond donors (Lipinski definition) is 0. The molecular weight excluding hydrogens is 414 g/mol. The number of aryl methyl sites for hydroxylation is 1. The van der Waals surface area contributed by atoms with Crippen LogP contribution in [0.4, 0.5) is 5.69 Å². The number of carbonyl (C=O) groups excluding carboxylic acids is 1. The van der Waals surface area contributed by atoms with Crippen molar-refractivity contribution in [3.05, 3.63) is 83.4 Å². The number of fused-ring (bicyclic) bond motifs is 1. The number of anilines is 1. The zero-order valence-corrected chi connectivity index (χ0v) is 18.2. The lowest BCUT2D eigenvalue weighted by Crippen LogP contribution is -2.29. The Hall–Kier alpha value is -3.32. The molecule has 1 aliphatic rings. The SMILES string of the molecule is CCc1ccc(OC(=O)c2cc(S(=O)(=O)N3CCc4ccccc43)ccc2OC)cc1. The number of rotatable bonds is 6. The summed E-state index contributed by atoms with van der Waals surface area (Å²) in [6.07, 6.45) is 1.52. The molecule has 0 spiro atoms. The van der Waals surface area contributed by atoms with E-state index < -0.39 is 16.0 Å². The minimum Gasteiger partial charge on any atom is -0.496 e. The van der Waals surface area contributed by atoms with Crippen LogP contribution in [0.15, 0.2) is 71.6 Å². The molecule has 31 heavy (non-hydrogen) atoms. The molecule has 0 amide bonds. The maximum Gasteiger partial charge on any atom is 0.347 e. The van der Waals surface area contributed by atoms with Gasteiger partial charge in [-0.15, -0.1) is 0 Å². The Balaban J connectivity index is 1.66. The zero-order valence-electron chi connectivity index (χ0n) is 17.4. The van der Waals surface area contributed by atoms with Crippen LogP contribution in [0.5, 0.6) is 11.5 Å². The summed E-state index contributed by atoms with van der Waals surface area (Å²) in [6, 6.07) is 18.8. The summed E-state index contributed by atoms with van der Waals surface area (Å²) in [6.45, 7) is 2.40. The fraction of sp³-hybridized carbons (Fsp3) is 0.208. The van der Waals surface area contributed by atoms with Crippen LogP contribution in [0.25, 0.3) is 0 Å². The van der Waals surface area contributed by atoms with Gasteiger partial charge in [0.1, 0.15) is 17.1 Å². The number of esters is 1. The third-order valence-electron chi connectivity index (χ3n) is 5.37. The van der Waals surface area contributed by atoms with Gasteiger partial charge >= 0.3 is 5.97 Å². The molecule has 1 aliphatic heterocycles. The summed E-state index contributed by atoms with van der Waals surface area (Å²) >= 11 is 0. The lowest BCUT2D eigenvalue weighted by atomic mass is 10.1. The van der Waals surface area contributed by atoms with Crippen LogP contribution < -0.4 is 13.8 Å². The summed E-state index contributed by atoms with van der Waals surface area (Å²) < 4.78 is 38.8. The first kappa shape index (κ1) is 20.9. The van der Waals surface area contributed by atoms with E-state index in [0.29, 0.717) is 24.4 Å². The number of nitrogens with zero attached hydrogens (tertiary/aromatic N) is 1. The first-order chi connectivity index (χ1) is 14.9. The van der Waals surface area contributed by atoms with Crippen LogP contribution in [0, 0.1) is 0 Å². The molecule has 4 rings (SSSR count). The highest BCUT2D eigenvalue weighted by Crippen LogP contribution is 2.34. The van der Waals surface area contributed by atoms with Crippen LogP contribution in [-0.2, 0) is 22.9 Å². The number of methoxy groups -OCH3 is 1. The minimum atomic E-state index is -3.84. The average Bonchev–Trinajstić information content (AvgIpc) is 3.24. The first-order valence-corrected chi connectivity index (χ1v) is 11.5. The van der Waals surface area contributed by atoms with E-state index in [9.17, 15) is 13.2 Å². The molecule has 160 valence electrons. The summed E-state index contributed by atoms with van der Waals surface area (Å²) in [5.74, 6) is -0.0538. The number of para-hydroxylation sites is 1. The van der Waals surface area contributed by atoms with Crippen LogP contribution in [-0.4, -0.2) is 28.0 Å². The van der Waals surface area contributed by atoms with Crippen molar-refractivity contribution >= 4 is 21.7 Å². The molecule has 6 nitrogen and oxygen atoms in total. The van der Waals surface area contributed by atoms with Crippen LogP contribution in [0.1, 0.15) is 28.4 Å². The van der Waals surface area contributed by atoms with Gasteiger partial charge in [0.25, 0.3) is 10.0 Å². The van der Waals surface area contributed by atoms with Gasteiger partial charge in [0.15, 0.2) is 0 Å². The summed E-state index contributed by atoms with van der Waals surface area (Å²) in [4.78, 5) is 12.8. The largest absolute Gasteiger partial charge is 0.496 e. The molecule has 0 saturated carbocycles. The lowest BCUT2D eigenvalue weighted by molar-refractivity contribution is 0.0731. The predicted octanol–water partition coefficient (Wildman–Crippen LogP) is 4.23. The monoisotopic (exact) mass is 437 g/mol. The molecule has 0 N–H and O–H groups in total. The molecule has 0 bridgehead atoms. The van der Waals surface area contributed by atoms with Crippen molar-refractivity contribution in [1.82, 2.24) is 0 Å². The second-order valence-corrected chi connectivity index (χ2v) is 9.07. The number of ether oxygens (including phenoxy) is 2. The van der Waals surface area contributed by atoms with Gasteiger partial charge < -0.3 is 9.47 Å². The van der Waals surface area contributed by atoms with Crippen molar-refractivity contribution in [2.45, 2.75) is 24.7 Å². The van der Waals surface area contributed by atoms with E-state index >= 15 is 0 Å². The fourth-order valence-electron chi connectivity index (χ4n) is 3.65. The molecule has 0 unspecified atom stereocenters. The quantitative estimate of drug-likeness (QED) is 0.426. The molecule has 3 aromatic carbocycles. The van der Waals surface area contributed by atoms with E-state index in [0.717, 1.165) is 17.5 Å². The molecule has 0 aliphatic carbocycles. The second-order valence-electron chi connectivity index (χ2n) is 7.20. The van der Waals surface area contributed by atoms with Gasteiger partial charge in [-0.2, -0.15) is 0 Å². The third kappa shape index (κ3) is 4.01. The Morgan fingerprint density at radius 3 is 2.48 bits per heavy atom. The van der Waals surface area contributed by atoms with E-state index in [4.69, 9.17) is 9.47 Å². The Kier molecular flexibility index (Phi) is 5.69. The molecule has 7 heteroatoms. The topological polar surface area (TPSA) is 72.9 Å². The van der Waals surface area contributed by atoms with E-state index in [2.05, 4.69) is 0 Å². The Morgan fingerprint density at radius 2 is 1.77 bits per heavy atom. The maximum absolute atomic E-state index is 13.3. The third-order valence-corrected chi connectivity index (χ3v) is 7.17. The Morgan fingerprint density at radius 1 is 1.03 bits per heavy atom. The van der Waals surface area contributed by atoms with Gasteiger partial charge in [-0.25, -0.2) is 13.2 Å². The Bertz CT molecular complexity index is 1220. The highest BCUT2D eigenvalue weighted by Gasteiger charge is 2.31. The highest BCUT2D eigenvalue weighted by molar-refractivity contribution is 7.92. The Labute approximate surface area is 182 Å². The van der Waals surface area contributed by atoms with E-state index in [1.54, 1.807) is 18.2 Å². The van der Waals surface area contributed by atoms with E-state index in [1.807, 2.05) is 37.3 Å². The summed E-state index contributed by atoms with van der Waals surface area (Å²) in [5, 5.41) is 0. The smallest absolute Gasteiger partial charge is 0.347 e. The van der Waals surface area contributed by atoms with Crippen molar-refractivity contribution in [1.29, 1.82) is 0 Å². The minimum absolute atomic E-state index is 0.0123. The van der Waals surface area contributed by atoms with E-state index in [1.165, 1.54) is 29.6 Å². The van der Waals surface area contributed by atoms with Crippen molar-refractivity contribution in [3.8, 4) is 11.5 Å².